The molecule has 2 heterocycles. The molecule has 1 N–H and O–H groups in total. The fourth-order valence-corrected chi connectivity index (χ4v) is 3.53. The van der Waals surface area contributed by atoms with Crippen LogP contribution < -0.4 is 4.90 Å². The van der Waals surface area contributed by atoms with Crippen molar-refractivity contribution in [1.82, 2.24) is 30.2 Å². The predicted octanol–water partition coefficient (Wildman–Crippen LogP) is 4.56. The zero-order valence-corrected chi connectivity index (χ0v) is 17.5. The average molecular weight is 402 g/mol. The third-order valence-corrected chi connectivity index (χ3v) is 5.26. The highest BCUT2D eigenvalue weighted by Crippen LogP contribution is 2.30. The Balaban J connectivity index is 1.56. The van der Waals surface area contributed by atoms with Gasteiger partial charge in [-0.15, -0.1) is 5.10 Å². The van der Waals surface area contributed by atoms with Crippen molar-refractivity contribution in [3.8, 4) is 22.5 Å². The summed E-state index contributed by atoms with van der Waals surface area (Å²) in [6.45, 7) is 7.13. The molecule has 0 atom stereocenters. The number of hydrogen-bond acceptors (Lipinski definition) is 5. The van der Waals surface area contributed by atoms with Crippen LogP contribution >= 0.6 is 0 Å². The second-order valence-corrected chi connectivity index (χ2v) is 7.33. The van der Waals surface area contributed by atoms with E-state index in [0.29, 0.717) is 5.82 Å². The van der Waals surface area contributed by atoms with Crippen LogP contribution in [0.3, 0.4) is 0 Å². The van der Waals surface area contributed by atoms with Gasteiger partial charge in [0.2, 0.25) is 0 Å². The van der Waals surface area contributed by atoms with E-state index in [1.165, 1.54) is 5.56 Å². The molecule has 4 aromatic rings. The van der Waals surface area contributed by atoms with Crippen molar-refractivity contribution in [3.63, 3.8) is 0 Å². The first-order valence-electron chi connectivity index (χ1n) is 10.5. The number of anilines is 1. The Morgan fingerprint density at radius 1 is 1.00 bits per heavy atom. The molecular weight excluding hydrogens is 374 g/mol. The van der Waals surface area contributed by atoms with Crippen LogP contribution in [0.4, 0.5) is 5.82 Å². The normalized spacial score (nSPS) is 11.0. The molecule has 0 aliphatic heterocycles. The van der Waals surface area contributed by atoms with E-state index >= 15 is 0 Å². The van der Waals surface area contributed by atoms with Crippen LogP contribution in [0.1, 0.15) is 32.3 Å². The third kappa shape index (κ3) is 4.40. The van der Waals surface area contributed by atoms with E-state index in [2.05, 4.69) is 85.5 Å². The lowest BCUT2D eigenvalue weighted by Gasteiger charge is -2.22. The lowest BCUT2D eigenvalue weighted by molar-refractivity contribution is 0.707. The van der Waals surface area contributed by atoms with Crippen LogP contribution in [-0.4, -0.2) is 36.7 Å². The molecule has 2 aromatic carbocycles. The van der Waals surface area contributed by atoms with E-state index in [1.807, 2.05) is 24.5 Å². The van der Waals surface area contributed by atoms with Gasteiger partial charge in [0.05, 0.1) is 6.33 Å². The summed E-state index contributed by atoms with van der Waals surface area (Å²) in [6.07, 6.45) is 6.35. The van der Waals surface area contributed by atoms with Crippen molar-refractivity contribution in [3.05, 3.63) is 66.6 Å². The number of aromatic amines is 1. The van der Waals surface area contributed by atoms with Crippen molar-refractivity contribution < 1.29 is 0 Å². The quantitative estimate of drug-likeness (QED) is 0.445. The van der Waals surface area contributed by atoms with Crippen LogP contribution in [0, 0.1) is 0 Å². The van der Waals surface area contributed by atoms with Gasteiger partial charge in [-0.3, -0.25) is 0 Å². The van der Waals surface area contributed by atoms with E-state index in [4.69, 9.17) is 0 Å². The van der Waals surface area contributed by atoms with Gasteiger partial charge in [-0.05, 0) is 40.5 Å². The first-order valence-corrected chi connectivity index (χ1v) is 10.5. The molecule has 0 radical (unpaired) electrons. The zero-order chi connectivity index (χ0) is 20.8. The number of nitrogens with zero attached hydrogens (tertiary/aromatic N) is 6. The highest BCUT2D eigenvalue weighted by molar-refractivity contribution is 5.80. The number of aromatic nitrogens is 6. The van der Waals surface area contributed by atoms with Crippen molar-refractivity contribution >= 4 is 5.82 Å². The second kappa shape index (κ2) is 9.35. The van der Waals surface area contributed by atoms with E-state index < -0.39 is 0 Å². The van der Waals surface area contributed by atoms with Gasteiger partial charge in [-0.2, -0.15) is 0 Å². The van der Waals surface area contributed by atoms with Crippen molar-refractivity contribution in [2.75, 3.05) is 11.4 Å². The molecule has 2 aromatic heterocycles. The highest BCUT2D eigenvalue weighted by atomic mass is 15.5. The number of aryl methyl sites for hydroxylation is 1. The number of rotatable bonds is 9. The summed E-state index contributed by atoms with van der Waals surface area (Å²) in [5, 5.41) is 14.3. The Morgan fingerprint density at radius 3 is 2.47 bits per heavy atom. The molecule has 4 rings (SSSR count). The summed E-state index contributed by atoms with van der Waals surface area (Å²) >= 11 is 0. The molecule has 154 valence electrons. The monoisotopic (exact) mass is 401 g/mol. The molecule has 30 heavy (non-hydrogen) atoms. The standard InChI is InChI=1S/C23H27N7/c1-3-5-14-30(22-16-29(4-2)17-24-22)15-18-10-12-19(13-11-18)20-8-6-7-9-21(20)23-25-27-28-26-23/h6-13,16-17H,3-5,14-15H2,1-2H3,(H,25,26,27,28). The minimum Gasteiger partial charge on any atom is -0.351 e. The fourth-order valence-electron chi connectivity index (χ4n) is 3.53. The molecule has 0 saturated heterocycles. The highest BCUT2D eigenvalue weighted by Gasteiger charge is 2.12. The SMILES string of the molecule is CCCCN(Cc1ccc(-c2ccccc2-c2nnn[nH]2)cc1)c1cn(CC)cn1. The van der Waals surface area contributed by atoms with Gasteiger partial charge >= 0.3 is 0 Å². The molecule has 0 unspecified atom stereocenters. The number of nitrogens with one attached hydrogen (secondary N) is 1. The number of hydrogen-bond donors (Lipinski definition) is 1. The minimum atomic E-state index is 0.673. The minimum absolute atomic E-state index is 0.673. The number of H-pyrrole nitrogens is 1. The smallest absolute Gasteiger partial charge is 0.180 e. The summed E-state index contributed by atoms with van der Waals surface area (Å²) in [5.74, 6) is 1.71. The Labute approximate surface area is 176 Å². The van der Waals surface area contributed by atoms with Crippen LogP contribution in [-0.2, 0) is 13.1 Å². The van der Waals surface area contributed by atoms with Crippen LogP contribution in [0.25, 0.3) is 22.5 Å². The van der Waals surface area contributed by atoms with Crippen LogP contribution in [0.2, 0.25) is 0 Å². The molecule has 0 bridgehead atoms. The van der Waals surface area contributed by atoms with Gasteiger partial charge in [0.15, 0.2) is 5.82 Å². The number of imidazole rings is 1. The summed E-state index contributed by atoms with van der Waals surface area (Å²) < 4.78 is 2.12. The Kier molecular flexibility index (Phi) is 6.17. The number of tetrazole rings is 1. The lowest BCUT2D eigenvalue weighted by atomic mass is 9.98. The maximum absolute atomic E-state index is 4.61. The molecule has 0 fully saturated rings. The van der Waals surface area contributed by atoms with Crippen molar-refractivity contribution in [2.24, 2.45) is 0 Å². The van der Waals surface area contributed by atoms with Crippen LogP contribution in [0.5, 0.6) is 0 Å². The summed E-state index contributed by atoms with van der Waals surface area (Å²) in [7, 11) is 0. The maximum atomic E-state index is 4.61. The first kappa shape index (κ1) is 19.8. The summed E-state index contributed by atoms with van der Waals surface area (Å²) in [6, 6.07) is 16.9. The summed E-state index contributed by atoms with van der Waals surface area (Å²) in [4.78, 5) is 6.97. The predicted molar refractivity (Wildman–Crippen MR) is 119 cm³/mol. The molecule has 7 heteroatoms. The van der Waals surface area contributed by atoms with Gasteiger partial charge in [-0.25, -0.2) is 10.1 Å². The lowest BCUT2D eigenvalue weighted by Crippen LogP contribution is -2.24. The molecule has 0 spiro atoms. The summed E-state index contributed by atoms with van der Waals surface area (Å²) in [5.41, 5.74) is 4.50. The van der Waals surface area contributed by atoms with Crippen molar-refractivity contribution in [2.45, 2.75) is 39.8 Å². The molecule has 0 amide bonds. The molecule has 0 aliphatic rings. The van der Waals surface area contributed by atoms with E-state index in [9.17, 15) is 0 Å². The third-order valence-electron chi connectivity index (χ3n) is 5.26. The number of unbranched alkanes of at least 4 members (excludes halogenated alkanes) is 1. The maximum Gasteiger partial charge on any atom is 0.180 e. The van der Waals surface area contributed by atoms with E-state index in [1.54, 1.807) is 0 Å². The molecule has 0 aliphatic carbocycles. The first-order chi connectivity index (χ1) is 14.8. The Morgan fingerprint density at radius 2 is 1.80 bits per heavy atom. The number of benzene rings is 2. The van der Waals surface area contributed by atoms with Gasteiger partial charge < -0.3 is 9.47 Å². The Bertz CT molecular complexity index is 1050. The van der Waals surface area contributed by atoms with Gasteiger partial charge in [0.1, 0.15) is 5.82 Å². The molecular formula is C23H27N7. The average Bonchev–Trinajstić information content (AvgIpc) is 3.49. The van der Waals surface area contributed by atoms with Crippen molar-refractivity contribution in [1.29, 1.82) is 0 Å². The largest absolute Gasteiger partial charge is 0.351 e. The van der Waals surface area contributed by atoms with Gasteiger partial charge in [0.25, 0.3) is 0 Å². The van der Waals surface area contributed by atoms with E-state index in [0.717, 1.165) is 55.0 Å². The fraction of sp³-hybridized carbons (Fsp3) is 0.304. The zero-order valence-electron chi connectivity index (χ0n) is 17.5. The topological polar surface area (TPSA) is 75.5 Å². The van der Waals surface area contributed by atoms with E-state index in [-0.39, 0.29) is 0 Å². The van der Waals surface area contributed by atoms with Gasteiger partial charge in [0, 0.05) is 31.4 Å². The molecule has 0 saturated carbocycles. The van der Waals surface area contributed by atoms with Crippen LogP contribution in [0.15, 0.2) is 61.1 Å². The molecule has 7 nitrogen and oxygen atoms in total. The second-order valence-electron chi connectivity index (χ2n) is 7.33. The van der Waals surface area contributed by atoms with Gasteiger partial charge in [-0.1, -0.05) is 61.9 Å². The Hall–Kier alpha value is -3.48.